The van der Waals surface area contributed by atoms with Crippen LogP contribution in [0.15, 0.2) is 48.7 Å². The Morgan fingerprint density at radius 2 is 1.77 bits per heavy atom. The lowest BCUT2D eigenvalue weighted by Crippen LogP contribution is -2.08. The quantitative estimate of drug-likeness (QED) is 0.788. The van der Waals surface area contributed by atoms with E-state index in [1.54, 1.807) is 12.1 Å². The number of nitrogens with zero attached hydrogens (tertiary/aromatic N) is 3. The van der Waals surface area contributed by atoms with Crippen LogP contribution < -0.4 is 0 Å². The fourth-order valence-corrected chi connectivity index (χ4v) is 2.62. The molecule has 0 radical (unpaired) electrons. The maximum atomic E-state index is 11.2. The molecule has 22 heavy (non-hydrogen) atoms. The third kappa shape index (κ3) is 2.45. The molecule has 0 bridgehead atoms. The molecule has 1 heterocycles. The highest BCUT2D eigenvalue weighted by atomic mass is 35.5. The summed E-state index contributed by atoms with van der Waals surface area (Å²) in [6.07, 6.45) is 1.15. The standard InChI is InChI=1S/C15H9Cl2N3O2/c16-13-10(9-4-2-1-3-5-9)6-7-11(14(13)17)20-12(15(21)22)8-18-19-20/h1-8H,(H,21,22). The molecule has 110 valence electrons. The first kappa shape index (κ1) is 14.6. The number of carboxylic acid groups (broad SMARTS) is 1. The van der Waals surface area contributed by atoms with Crippen LogP contribution in [0.1, 0.15) is 10.5 Å². The fraction of sp³-hybridized carbons (Fsp3) is 0. The van der Waals surface area contributed by atoms with Crippen LogP contribution in [0.5, 0.6) is 0 Å². The summed E-state index contributed by atoms with van der Waals surface area (Å²) in [4.78, 5) is 11.2. The first-order valence-corrected chi connectivity index (χ1v) is 7.03. The Bertz CT molecular complexity index is 847. The lowest BCUT2D eigenvalue weighted by molar-refractivity contribution is 0.0687. The van der Waals surface area contributed by atoms with Crippen LogP contribution in [-0.2, 0) is 0 Å². The molecule has 1 aromatic heterocycles. The van der Waals surface area contributed by atoms with Crippen molar-refractivity contribution in [2.75, 3.05) is 0 Å². The Morgan fingerprint density at radius 3 is 2.45 bits per heavy atom. The smallest absolute Gasteiger partial charge is 0.356 e. The normalized spacial score (nSPS) is 10.6. The van der Waals surface area contributed by atoms with Gasteiger partial charge >= 0.3 is 5.97 Å². The minimum absolute atomic E-state index is 0.0922. The molecule has 0 aliphatic rings. The number of halogens is 2. The SMILES string of the molecule is O=C(O)c1cnnn1-c1ccc(-c2ccccc2)c(Cl)c1Cl. The number of rotatable bonds is 3. The predicted molar refractivity (Wildman–Crippen MR) is 83.8 cm³/mol. The van der Waals surface area contributed by atoms with E-state index in [0.29, 0.717) is 10.7 Å². The molecule has 0 aliphatic carbocycles. The number of carbonyl (C=O) groups is 1. The molecule has 0 saturated heterocycles. The van der Waals surface area contributed by atoms with Crippen LogP contribution in [0, 0.1) is 0 Å². The zero-order valence-corrected chi connectivity index (χ0v) is 12.6. The third-order valence-corrected chi connectivity index (χ3v) is 4.02. The average molecular weight is 334 g/mol. The summed E-state index contributed by atoms with van der Waals surface area (Å²) in [7, 11) is 0. The molecule has 0 spiro atoms. The molecular weight excluding hydrogens is 325 g/mol. The van der Waals surface area contributed by atoms with Crippen LogP contribution in [0.3, 0.4) is 0 Å². The minimum Gasteiger partial charge on any atom is -0.476 e. The Hall–Kier alpha value is -2.37. The van der Waals surface area contributed by atoms with Gasteiger partial charge in [-0.2, -0.15) is 0 Å². The van der Waals surface area contributed by atoms with Gasteiger partial charge in [0.25, 0.3) is 0 Å². The second-order valence-corrected chi connectivity index (χ2v) is 5.22. The summed E-state index contributed by atoms with van der Waals surface area (Å²) in [6, 6.07) is 13.0. The lowest BCUT2D eigenvalue weighted by Gasteiger charge is -2.11. The lowest BCUT2D eigenvalue weighted by atomic mass is 10.1. The maximum Gasteiger partial charge on any atom is 0.356 e. The van der Waals surface area contributed by atoms with Gasteiger partial charge in [-0.1, -0.05) is 64.8 Å². The first-order valence-electron chi connectivity index (χ1n) is 6.27. The van der Waals surface area contributed by atoms with E-state index >= 15 is 0 Å². The van der Waals surface area contributed by atoms with Crippen molar-refractivity contribution in [3.8, 4) is 16.8 Å². The van der Waals surface area contributed by atoms with Crippen molar-refractivity contribution in [3.05, 3.63) is 64.4 Å². The van der Waals surface area contributed by atoms with E-state index in [9.17, 15) is 4.79 Å². The van der Waals surface area contributed by atoms with Gasteiger partial charge in [0.15, 0.2) is 5.69 Å². The van der Waals surface area contributed by atoms with Crippen LogP contribution in [0.4, 0.5) is 0 Å². The number of benzene rings is 2. The number of carboxylic acids is 1. The van der Waals surface area contributed by atoms with Gasteiger partial charge in [0, 0.05) is 5.56 Å². The molecule has 0 fully saturated rings. The summed E-state index contributed by atoms with van der Waals surface area (Å²) in [6.45, 7) is 0. The van der Waals surface area contributed by atoms with E-state index in [4.69, 9.17) is 28.3 Å². The molecule has 2 aromatic carbocycles. The second-order valence-electron chi connectivity index (χ2n) is 4.46. The highest BCUT2D eigenvalue weighted by Crippen LogP contribution is 2.37. The molecule has 0 atom stereocenters. The molecule has 0 saturated carbocycles. The Balaban J connectivity index is 2.15. The van der Waals surface area contributed by atoms with Gasteiger partial charge in [-0.3, -0.25) is 0 Å². The van der Waals surface area contributed by atoms with Gasteiger partial charge in [-0.25, -0.2) is 9.48 Å². The van der Waals surface area contributed by atoms with Gasteiger partial charge in [-0.15, -0.1) is 5.10 Å². The number of hydrogen-bond acceptors (Lipinski definition) is 3. The van der Waals surface area contributed by atoms with Crippen LogP contribution >= 0.6 is 23.2 Å². The van der Waals surface area contributed by atoms with Gasteiger partial charge in [0.2, 0.25) is 0 Å². The van der Waals surface area contributed by atoms with E-state index in [-0.39, 0.29) is 10.7 Å². The zero-order valence-electron chi connectivity index (χ0n) is 11.1. The zero-order chi connectivity index (χ0) is 15.7. The summed E-state index contributed by atoms with van der Waals surface area (Å²) in [5.74, 6) is -1.15. The molecule has 7 heteroatoms. The van der Waals surface area contributed by atoms with Crippen molar-refractivity contribution in [1.82, 2.24) is 15.0 Å². The molecule has 0 aliphatic heterocycles. The summed E-state index contributed by atoms with van der Waals surface area (Å²) >= 11 is 12.6. The molecule has 1 N–H and O–H groups in total. The van der Waals surface area contributed by atoms with E-state index < -0.39 is 5.97 Å². The van der Waals surface area contributed by atoms with E-state index in [0.717, 1.165) is 22.0 Å². The largest absolute Gasteiger partial charge is 0.476 e. The van der Waals surface area contributed by atoms with Crippen molar-refractivity contribution < 1.29 is 9.90 Å². The van der Waals surface area contributed by atoms with Crippen LogP contribution in [0.2, 0.25) is 10.0 Å². The van der Waals surface area contributed by atoms with Crippen molar-refractivity contribution in [1.29, 1.82) is 0 Å². The average Bonchev–Trinajstić information content (AvgIpc) is 3.00. The van der Waals surface area contributed by atoms with Crippen molar-refractivity contribution in [2.24, 2.45) is 0 Å². The topological polar surface area (TPSA) is 68.0 Å². The van der Waals surface area contributed by atoms with Crippen molar-refractivity contribution in [3.63, 3.8) is 0 Å². The third-order valence-electron chi connectivity index (χ3n) is 3.14. The van der Waals surface area contributed by atoms with Gasteiger partial charge in [0.1, 0.15) is 0 Å². The monoisotopic (exact) mass is 333 g/mol. The minimum atomic E-state index is -1.15. The second kappa shape index (κ2) is 5.79. The highest BCUT2D eigenvalue weighted by molar-refractivity contribution is 6.44. The fourth-order valence-electron chi connectivity index (χ4n) is 2.10. The van der Waals surface area contributed by atoms with E-state index in [2.05, 4.69) is 10.3 Å². The summed E-state index contributed by atoms with van der Waals surface area (Å²) in [5.41, 5.74) is 1.94. The van der Waals surface area contributed by atoms with Crippen LogP contribution in [-0.4, -0.2) is 26.1 Å². The molecule has 0 unspecified atom stereocenters. The Labute approximate surface area is 135 Å². The van der Waals surface area contributed by atoms with Crippen LogP contribution in [0.25, 0.3) is 16.8 Å². The van der Waals surface area contributed by atoms with E-state index in [1.807, 2.05) is 30.3 Å². The molecule has 3 aromatic rings. The molecular formula is C15H9Cl2N3O2. The van der Waals surface area contributed by atoms with Gasteiger partial charge in [-0.05, 0) is 11.6 Å². The number of aromatic nitrogens is 3. The van der Waals surface area contributed by atoms with Crippen molar-refractivity contribution in [2.45, 2.75) is 0 Å². The van der Waals surface area contributed by atoms with E-state index in [1.165, 1.54) is 0 Å². The Kier molecular flexibility index (Phi) is 3.83. The van der Waals surface area contributed by atoms with Gasteiger partial charge in [0.05, 0.1) is 21.9 Å². The first-order chi connectivity index (χ1) is 10.6. The summed E-state index contributed by atoms with van der Waals surface area (Å²) in [5, 5.41) is 17.0. The maximum absolute atomic E-state index is 11.2. The highest BCUT2D eigenvalue weighted by Gasteiger charge is 2.18. The van der Waals surface area contributed by atoms with Crippen molar-refractivity contribution >= 4 is 29.2 Å². The predicted octanol–water partition coefficient (Wildman–Crippen LogP) is 3.94. The molecule has 3 rings (SSSR count). The molecule has 0 amide bonds. The number of aromatic carboxylic acids is 1. The summed E-state index contributed by atoms with van der Waals surface area (Å²) < 4.78 is 1.14. The molecule has 5 nitrogen and oxygen atoms in total. The number of hydrogen-bond donors (Lipinski definition) is 1. The van der Waals surface area contributed by atoms with Gasteiger partial charge < -0.3 is 5.11 Å². The Morgan fingerprint density at radius 1 is 1.05 bits per heavy atom.